The number of carbonyl (C=O) groups excluding carboxylic acids is 4. The normalized spacial score (nSPS) is 35.0. The van der Waals surface area contributed by atoms with Gasteiger partial charge in [-0.2, -0.15) is 0 Å². The number of ether oxygens (including phenoxy) is 3. The van der Waals surface area contributed by atoms with Crippen LogP contribution < -0.4 is 0 Å². The molecule has 4 rings (SSSR count). The van der Waals surface area contributed by atoms with Crippen LogP contribution in [0.15, 0.2) is 23.3 Å². The first-order valence-corrected chi connectivity index (χ1v) is 18.0. The molecule has 0 unspecified atom stereocenters. The summed E-state index contributed by atoms with van der Waals surface area (Å²) in [7, 11) is 0. The fraction of sp³-hybridized carbons (Fsp3) is 0.789. The number of Topliss-reactive ketones (excluding diaryl/α,β-unsaturated/α-hetero) is 1. The van der Waals surface area contributed by atoms with Crippen LogP contribution in [-0.2, 0) is 33.4 Å². The molecule has 0 aromatic rings. The van der Waals surface area contributed by atoms with Crippen molar-refractivity contribution in [3.05, 3.63) is 23.3 Å². The van der Waals surface area contributed by atoms with E-state index in [9.17, 15) is 29.4 Å². The molecule has 0 bridgehead atoms. The van der Waals surface area contributed by atoms with Gasteiger partial charge < -0.3 is 24.4 Å². The lowest BCUT2D eigenvalue weighted by atomic mass is 9.59. The van der Waals surface area contributed by atoms with Crippen LogP contribution in [0.1, 0.15) is 132 Å². The van der Waals surface area contributed by atoms with E-state index in [1.807, 2.05) is 13.8 Å². The van der Waals surface area contributed by atoms with Gasteiger partial charge in [0.2, 0.25) is 0 Å². The Labute approximate surface area is 280 Å². The molecule has 0 aromatic carbocycles. The minimum absolute atomic E-state index is 0.125. The number of aliphatic hydroxyl groups is 2. The van der Waals surface area contributed by atoms with Gasteiger partial charge in [0.15, 0.2) is 11.4 Å². The zero-order chi connectivity index (χ0) is 34.8. The molecule has 9 nitrogen and oxygen atoms in total. The highest BCUT2D eigenvalue weighted by atomic mass is 16.6. The van der Waals surface area contributed by atoms with Crippen LogP contribution in [0, 0.1) is 29.1 Å². The van der Waals surface area contributed by atoms with E-state index in [1.165, 1.54) is 58.8 Å². The molecule has 9 heteroatoms. The Kier molecular flexibility index (Phi) is 11.5. The molecule has 4 aliphatic rings. The Bertz CT molecular complexity index is 1270. The molecule has 2 N–H and O–H groups in total. The van der Waals surface area contributed by atoms with Gasteiger partial charge in [0, 0.05) is 55.8 Å². The van der Waals surface area contributed by atoms with Gasteiger partial charge in [-0.25, -0.2) is 0 Å². The summed E-state index contributed by atoms with van der Waals surface area (Å²) >= 11 is 0. The maximum atomic E-state index is 13.5. The van der Waals surface area contributed by atoms with Gasteiger partial charge in [-0.3, -0.25) is 19.2 Å². The van der Waals surface area contributed by atoms with Crippen molar-refractivity contribution in [2.45, 2.75) is 155 Å². The van der Waals surface area contributed by atoms with Crippen molar-refractivity contribution in [1.29, 1.82) is 0 Å². The maximum Gasteiger partial charge on any atom is 0.306 e. The highest BCUT2D eigenvalue weighted by molar-refractivity contribution is 6.04. The summed E-state index contributed by atoms with van der Waals surface area (Å²) < 4.78 is 17.7. The van der Waals surface area contributed by atoms with Crippen molar-refractivity contribution in [2.75, 3.05) is 6.61 Å². The fourth-order valence-corrected chi connectivity index (χ4v) is 9.38. The van der Waals surface area contributed by atoms with E-state index >= 15 is 0 Å². The molecule has 0 radical (unpaired) electrons. The molecule has 0 saturated heterocycles. The van der Waals surface area contributed by atoms with Crippen molar-refractivity contribution in [1.82, 2.24) is 0 Å². The average Bonchev–Trinajstić information content (AvgIpc) is 3.42. The van der Waals surface area contributed by atoms with Crippen molar-refractivity contribution < 1.29 is 43.6 Å². The smallest absolute Gasteiger partial charge is 0.306 e. The van der Waals surface area contributed by atoms with Crippen molar-refractivity contribution >= 4 is 23.7 Å². The van der Waals surface area contributed by atoms with E-state index in [2.05, 4.69) is 6.92 Å². The molecule has 2 fully saturated rings. The van der Waals surface area contributed by atoms with E-state index in [0.29, 0.717) is 17.6 Å². The SMILES string of the molecule is CCCCCCCCCCCCCC(=O)O[C@@H]1[C@@H](C)[C@@]2(O)[C@@H](C=C(COC(C)=O)C[C@@]3(O)C(=O)C(C)=C[C@@H]23)[C@@H]2C(C)(C)[C@]12OC(C)=O. The molecule has 8 atom stereocenters. The lowest BCUT2D eigenvalue weighted by Gasteiger charge is -2.53. The Balaban J connectivity index is 1.55. The van der Waals surface area contributed by atoms with E-state index < -0.39 is 75.7 Å². The van der Waals surface area contributed by atoms with Crippen LogP contribution in [0.25, 0.3) is 0 Å². The predicted octanol–water partition coefficient (Wildman–Crippen LogP) is 6.32. The Morgan fingerprint density at radius 2 is 1.47 bits per heavy atom. The number of hydrogen-bond donors (Lipinski definition) is 2. The summed E-state index contributed by atoms with van der Waals surface area (Å²) in [5.41, 5.74) is -4.83. The van der Waals surface area contributed by atoms with E-state index in [1.54, 1.807) is 26.0 Å². The summed E-state index contributed by atoms with van der Waals surface area (Å²) in [5, 5.41) is 24.9. The second kappa shape index (κ2) is 14.5. The van der Waals surface area contributed by atoms with Gasteiger partial charge in [-0.1, -0.05) is 104 Å². The third kappa shape index (κ3) is 6.85. The van der Waals surface area contributed by atoms with Crippen LogP contribution in [0.2, 0.25) is 0 Å². The molecule has 4 aliphatic carbocycles. The minimum atomic E-state index is -1.97. The van der Waals surface area contributed by atoms with Gasteiger partial charge in [-0.15, -0.1) is 0 Å². The molecular formula is C38H58O9. The lowest BCUT2D eigenvalue weighted by molar-refractivity contribution is -0.228. The predicted molar refractivity (Wildman–Crippen MR) is 177 cm³/mol. The highest BCUT2D eigenvalue weighted by Gasteiger charge is 2.87. The van der Waals surface area contributed by atoms with E-state index in [4.69, 9.17) is 14.2 Å². The first kappa shape index (κ1) is 37.3. The maximum absolute atomic E-state index is 13.5. The zero-order valence-electron chi connectivity index (χ0n) is 29.7. The zero-order valence-corrected chi connectivity index (χ0v) is 29.7. The van der Waals surface area contributed by atoms with Crippen LogP contribution in [0.4, 0.5) is 0 Å². The summed E-state index contributed by atoms with van der Waals surface area (Å²) in [6.45, 7) is 11.9. The molecule has 0 aliphatic heterocycles. The molecule has 0 heterocycles. The first-order valence-electron chi connectivity index (χ1n) is 18.0. The summed E-state index contributed by atoms with van der Waals surface area (Å²) in [4.78, 5) is 51.3. The molecule has 2 saturated carbocycles. The van der Waals surface area contributed by atoms with Crippen molar-refractivity contribution in [3.63, 3.8) is 0 Å². The van der Waals surface area contributed by atoms with Crippen LogP contribution in [-0.4, -0.2) is 63.4 Å². The minimum Gasteiger partial charge on any atom is -0.461 e. The van der Waals surface area contributed by atoms with Gasteiger partial charge in [0.25, 0.3) is 0 Å². The number of rotatable bonds is 16. The highest BCUT2D eigenvalue weighted by Crippen LogP contribution is 2.77. The van der Waals surface area contributed by atoms with Crippen LogP contribution in [0.3, 0.4) is 0 Å². The number of carbonyl (C=O) groups is 4. The fourth-order valence-electron chi connectivity index (χ4n) is 9.38. The lowest BCUT2D eigenvalue weighted by Crippen LogP contribution is -2.66. The Morgan fingerprint density at radius 1 is 0.894 bits per heavy atom. The Morgan fingerprint density at radius 3 is 2.02 bits per heavy atom. The summed E-state index contributed by atoms with van der Waals surface area (Å²) in [6.07, 6.45) is 15.2. The third-order valence-electron chi connectivity index (χ3n) is 11.8. The number of esters is 3. The molecule has 0 amide bonds. The number of fused-ring (bicyclic) bond motifs is 5. The standard InChI is InChI=1S/C38H58O9/c1-8-9-10-11-12-13-14-15-16-17-18-19-31(41)46-34-25(3)37(44)29(32-35(6,7)38(32,34)47-27(5)40)21-28(23-45-26(4)39)22-36(43)30(37)20-24(2)33(36)42/h20-21,25,29-30,32,34,43-44H,8-19,22-23H2,1-7H3/t25-,29+,30-,32-,34-,36+,37-,38-/m1/s1. The third-order valence-corrected chi connectivity index (χ3v) is 11.8. The van der Waals surface area contributed by atoms with Crippen molar-refractivity contribution in [3.8, 4) is 0 Å². The van der Waals surface area contributed by atoms with E-state index in [0.717, 1.165) is 19.3 Å². The quantitative estimate of drug-likeness (QED) is 0.0845. The van der Waals surface area contributed by atoms with E-state index in [-0.39, 0.29) is 19.4 Å². The topological polar surface area (TPSA) is 136 Å². The van der Waals surface area contributed by atoms with Crippen molar-refractivity contribution in [2.24, 2.45) is 29.1 Å². The van der Waals surface area contributed by atoms with Crippen LogP contribution >= 0.6 is 0 Å². The number of hydrogen-bond acceptors (Lipinski definition) is 9. The van der Waals surface area contributed by atoms with Gasteiger partial charge >= 0.3 is 17.9 Å². The van der Waals surface area contributed by atoms with Gasteiger partial charge in [0.1, 0.15) is 18.3 Å². The Hall–Kier alpha value is -2.52. The molecule has 47 heavy (non-hydrogen) atoms. The average molecular weight is 659 g/mol. The second-order valence-corrected chi connectivity index (χ2v) is 15.3. The molecule has 264 valence electrons. The number of ketones is 1. The van der Waals surface area contributed by atoms with Crippen LogP contribution in [0.5, 0.6) is 0 Å². The summed E-state index contributed by atoms with van der Waals surface area (Å²) in [5.74, 6) is -5.00. The summed E-state index contributed by atoms with van der Waals surface area (Å²) in [6, 6.07) is 0. The molecular weight excluding hydrogens is 600 g/mol. The molecule has 0 aromatic heterocycles. The van der Waals surface area contributed by atoms with Gasteiger partial charge in [0.05, 0.1) is 5.60 Å². The second-order valence-electron chi connectivity index (χ2n) is 15.3. The monoisotopic (exact) mass is 658 g/mol. The largest absolute Gasteiger partial charge is 0.461 e. The molecule has 0 spiro atoms. The number of unbranched alkanes of at least 4 members (excludes halogenated alkanes) is 10. The van der Waals surface area contributed by atoms with Gasteiger partial charge in [-0.05, 0) is 24.5 Å². The first-order chi connectivity index (χ1) is 22.1.